The molecule has 6 heteroatoms. The normalized spacial score (nSPS) is 25.7. The molecule has 0 aliphatic heterocycles. The van der Waals surface area contributed by atoms with Gasteiger partial charge in [-0.05, 0) is 18.8 Å². The maximum atomic E-state index is 13.6. The van der Waals surface area contributed by atoms with E-state index >= 15 is 0 Å². The maximum Gasteiger partial charge on any atom is 0.307 e. The van der Waals surface area contributed by atoms with Crippen LogP contribution in [0.25, 0.3) is 0 Å². The number of carboxylic acid groups (broad SMARTS) is 1. The quantitative estimate of drug-likeness (QED) is 0.869. The fourth-order valence-electron chi connectivity index (χ4n) is 2.82. The average Bonchev–Trinajstić information content (AvgIpc) is 2.70. The Bertz CT molecular complexity index is 548. The van der Waals surface area contributed by atoms with Crippen LogP contribution in [0.15, 0.2) is 12.1 Å². The third-order valence-corrected chi connectivity index (χ3v) is 3.71. The fourth-order valence-corrected chi connectivity index (χ4v) is 2.82. The number of aliphatic carboxylic acids is 1. The summed E-state index contributed by atoms with van der Waals surface area (Å²) in [6, 6.07) is 0.842. The van der Waals surface area contributed by atoms with E-state index in [9.17, 15) is 22.8 Å². The van der Waals surface area contributed by atoms with Crippen molar-refractivity contribution in [1.29, 1.82) is 0 Å². The Balaban J connectivity index is 2.39. The molecule has 1 N–H and O–H groups in total. The Hall–Kier alpha value is -1.85. The van der Waals surface area contributed by atoms with Gasteiger partial charge in [-0.1, -0.05) is 6.92 Å². The van der Waals surface area contributed by atoms with Crippen LogP contribution in [0.4, 0.5) is 13.2 Å². The third kappa shape index (κ3) is 2.55. The molecule has 2 rings (SSSR count). The molecule has 0 spiro atoms. The molecule has 1 aliphatic carbocycles. The van der Waals surface area contributed by atoms with Crippen molar-refractivity contribution in [3.8, 4) is 0 Å². The Morgan fingerprint density at radius 1 is 1.10 bits per heavy atom. The highest BCUT2D eigenvalue weighted by Gasteiger charge is 2.42. The van der Waals surface area contributed by atoms with Crippen LogP contribution < -0.4 is 0 Å². The molecule has 3 nitrogen and oxygen atoms in total. The van der Waals surface area contributed by atoms with Gasteiger partial charge in [0.1, 0.15) is 17.5 Å². The number of carbonyl (C=O) groups is 2. The Morgan fingerprint density at radius 2 is 1.60 bits per heavy atom. The van der Waals surface area contributed by atoms with Gasteiger partial charge in [0.25, 0.3) is 0 Å². The van der Waals surface area contributed by atoms with Gasteiger partial charge >= 0.3 is 5.97 Å². The zero-order chi connectivity index (χ0) is 15.0. The summed E-state index contributed by atoms with van der Waals surface area (Å²) in [5.41, 5.74) is -0.850. The van der Waals surface area contributed by atoms with E-state index in [0.717, 1.165) is 0 Å². The highest BCUT2D eigenvalue weighted by molar-refractivity contribution is 6.00. The molecule has 1 aromatic rings. The zero-order valence-corrected chi connectivity index (χ0v) is 10.7. The summed E-state index contributed by atoms with van der Waals surface area (Å²) < 4.78 is 40.0. The summed E-state index contributed by atoms with van der Waals surface area (Å²) in [7, 11) is 0. The number of Topliss-reactive ketones (excluding diaryl/α,β-unsaturated/α-hetero) is 1. The number of ketones is 1. The van der Waals surface area contributed by atoms with E-state index in [0.29, 0.717) is 12.1 Å². The number of hydrogen-bond acceptors (Lipinski definition) is 2. The number of rotatable bonds is 3. The van der Waals surface area contributed by atoms with Gasteiger partial charge in [-0.25, -0.2) is 13.2 Å². The van der Waals surface area contributed by atoms with Gasteiger partial charge in [0.15, 0.2) is 5.78 Å². The first-order chi connectivity index (χ1) is 9.31. The Morgan fingerprint density at radius 3 is 2.10 bits per heavy atom. The van der Waals surface area contributed by atoms with Crippen LogP contribution in [-0.4, -0.2) is 16.9 Å². The smallest absolute Gasteiger partial charge is 0.307 e. The van der Waals surface area contributed by atoms with Gasteiger partial charge in [0, 0.05) is 18.1 Å². The van der Waals surface area contributed by atoms with E-state index in [4.69, 9.17) is 5.11 Å². The molecule has 3 unspecified atom stereocenters. The lowest BCUT2D eigenvalue weighted by Crippen LogP contribution is -2.26. The van der Waals surface area contributed by atoms with Gasteiger partial charge in [-0.3, -0.25) is 9.59 Å². The highest BCUT2D eigenvalue weighted by Crippen LogP contribution is 2.39. The van der Waals surface area contributed by atoms with Gasteiger partial charge in [0.05, 0.1) is 11.5 Å². The summed E-state index contributed by atoms with van der Waals surface area (Å²) in [6.07, 6.45) is 0.544. The minimum atomic E-state index is -1.30. The van der Waals surface area contributed by atoms with Crippen molar-refractivity contribution in [2.24, 2.45) is 17.8 Å². The van der Waals surface area contributed by atoms with Crippen LogP contribution in [0, 0.1) is 35.2 Å². The van der Waals surface area contributed by atoms with Crippen molar-refractivity contribution in [2.75, 3.05) is 0 Å². The average molecular weight is 286 g/mol. The second-order valence-electron chi connectivity index (χ2n) is 5.24. The molecule has 0 aromatic heterocycles. The minimum absolute atomic E-state index is 0.0170. The van der Waals surface area contributed by atoms with Gasteiger partial charge in [-0.15, -0.1) is 0 Å². The molecular formula is C14H13F3O3. The fraction of sp³-hybridized carbons (Fsp3) is 0.429. The highest BCUT2D eigenvalue weighted by atomic mass is 19.1. The summed E-state index contributed by atoms with van der Waals surface area (Å²) in [5.74, 6) is -7.72. The van der Waals surface area contributed by atoms with E-state index < -0.39 is 46.6 Å². The topological polar surface area (TPSA) is 54.4 Å². The van der Waals surface area contributed by atoms with Crippen molar-refractivity contribution in [1.82, 2.24) is 0 Å². The van der Waals surface area contributed by atoms with Crippen LogP contribution in [0.5, 0.6) is 0 Å². The van der Waals surface area contributed by atoms with Crippen molar-refractivity contribution in [2.45, 2.75) is 19.8 Å². The van der Waals surface area contributed by atoms with E-state index in [2.05, 4.69) is 0 Å². The summed E-state index contributed by atoms with van der Waals surface area (Å²) in [4.78, 5) is 23.3. The molecule has 1 aliphatic rings. The van der Waals surface area contributed by atoms with E-state index in [1.165, 1.54) is 0 Å². The lowest BCUT2D eigenvalue weighted by molar-refractivity contribution is -0.142. The number of benzene rings is 1. The first kappa shape index (κ1) is 14.6. The molecular weight excluding hydrogens is 273 g/mol. The molecule has 0 bridgehead atoms. The minimum Gasteiger partial charge on any atom is -0.481 e. The van der Waals surface area contributed by atoms with Crippen LogP contribution in [0.1, 0.15) is 30.1 Å². The van der Waals surface area contributed by atoms with E-state index in [1.807, 2.05) is 0 Å². The number of halogens is 3. The first-order valence-corrected chi connectivity index (χ1v) is 6.22. The van der Waals surface area contributed by atoms with Gasteiger partial charge < -0.3 is 5.11 Å². The molecule has 0 saturated heterocycles. The third-order valence-electron chi connectivity index (χ3n) is 3.71. The zero-order valence-electron chi connectivity index (χ0n) is 10.7. The predicted octanol–water partition coefficient (Wildman–Crippen LogP) is 3.03. The number of hydrogen-bond donors (Lipinski definition) is 1. The van der Waals surface area contributed by atoms with E-state index in [1.54, 1.807) is 6.92 Å². The predicted molar refractivity (Wildman–Crippen MR) is 63.7 cm³/mol. The number of carboxylic acids is 1. The Kier molecular flexibility index (Phi) is 3.83. The standard InChI is InChI=1S/C14H13F3O3/c1-6-2-8(9(3-6)14(19)20)13(18)12-10(16)4-7(15)5-11(12)17/h4-6,8-9H,2-3H2,1H3,(H,19,20). The lowest BCUT2D eigenvalue weighted by Gasteiger charge is -2.15. The first-order valence-electron chi connectivity index (χ1n) is 6.22. The van der Waals surface area contributed by atoms with Crippen molar-refractivity contribution in [3.63, 3.8) is 0 Å². The second kappa shape index (κ2) is 5.26. The summed E-state index contributed by atoms with van der Waals surface area (Å²) in [6.45, 7) is 1.78. The van der Waals surface area contributed by atoms with Crippen molar-refractivity contribution >= 4 is 11.8 Å². The van der Waals surface area contributed by atoms with Crippen LogP contribution in [0.2, 0.25) is 0 Å². The summed E-state index contributed by atoms with van der Waals surface area (Å²) in [5, 5.41) is 9.08. The largest absolute Gasteiger partial charge is 0.481 e. The molecule has 0 heterocycles. The molecule has 108 valence electrons. The van der Waals surface area contributed by atoms with Crippen LogP contribution in [0.3, 0.4) is 0 Å². The summed E-state index contributed by atoms with van der Waals surface area (Å²) >= 11 is 0. The molecule has 3 atom stereocenters. The maximum absolute atomic E-state index is 13.6. The molecule has 1 fully saturated rings. The monoisotopic (exact) mass is 286 g/mol. The van der Waals surface area contributed by atoms with Gasteiger partial charge in [0.2, 0.25) is 0 Å². The SMILES string of the molecule is CC1CC(C(=O)O)C(C(=O)c2c(F)cc(F)cc2F)C1. The van der Waals surface area contributed by atoms with Crippen molar-refractivity contribution in [3.05, 3.63) is 35.1 Å². The molecule has 1 saturated carbocycles. The Labute approximate surface area is 113 Å². The van der Waals surface area contributed by atoms with Crippen molar-refractivity contribution < 1.29 is 27.9 Å². The lowest BCUT2D eigenvalue weighted by atomic mass is 9.88. The molecule has 20 heavy (non-hydrogen) atoms. The van der Waals surface area contributed by atoms with Crippen LogP contribution >= 0.6 is 0 Å². The van der Waals surface area contributed by atoms with Gasteiger partial charge in [-0.2, -0.15) is 0 Å². The molecule has 1 aromatic carbocycles. The second-order valence-corrected chi connectivity index (χ2v) is 5.24. The molecule has 0 amide bonds. The van der Waals surface area contributed by atoms with Crippen LogP contribution in [-0.2, 0) is 4.79 Å². The van der Waals surface area contributed by atoms with E-state index in [-0.39, 0.29) is 18.8 Å². The molecule has 0 radical (unpaired) electrons. The number of carbonyl (C=O) groups excluding carboxylic acids is 1.